The van der Waals surface area contributed by atoms with Gasteiger partial charge in [-0.25, -0.2) is 4.79 Å². The summed E-state index contributed by atoms with van der Waals surface area (Å²) in [6, 6.07) is 4.65. The smallest absolute Gasteiger partial charge is 0.336 e. The van der Waals surface area contributed by atoms with Crippen LogP contribution in [0.3, 0.4) is 0 Å². The lowest BCUT2D eigenvalue weighted by Gasteiger charge is -2.05. The van der Waals surface area contributed by atoms with Crippen molar-refractivity contribution in [3.05, 3.63) is 29.3 Å². The minimum Gasteiger partial charge on any atom is -0.478 e. The first-order chi connectivity index (χ1) is 5.66. The van der Waals surface area contributed by atoms with E-state index in [1.165, 1.54) is 6.07 Å². The van der Waals surface area contributed by atoms with Gasteiger partial charge in [-0.15, -0.1) is 0 Å². The molecule has 0 unspecified atom stereocenters. The highest BCUT2D eigenvalue weighted by molar-refractivity contribution is 5.91. The molecule has 64 valence electrons. The second-order valence-electron chi connectivity index (χ2n) is 2.40. The molecule has 0 fully saturated rings. The Morgan fingerprint density at radius 2 is 2.17 bits per heavy atom. The number of rotatable bonds is 2. The maximum absolute atomic E-state index is 10.6. The maximum atomic E-state index is 10.6. The summed E-state index contributed by atoms with van der Waals surface area (Å²) < 4.78 is 0. The van der Waals surface area contributed by atoms with E-state index in [1.54, 1.807) is 19.1 Å². The first-order valence-corrected chi connectivity index (χ1v) is 3.40. The molecule has 0 aliphatic heterocycles. The van der Waals surface area contributed by atoms with Gasteiger partial charge in [0.1, 0.15) is 0 Å². The fourth-order valence-corrected chi connectivity index (χ4v) is 0.988. The molecule has 0 aliphatic carbocycles. The zero-order valence-electron chi connectivity index (χ0n) is 6.53. The number of hydrogen-bond donors (Lipinski definition) is 3. The Kier molecular flexibility index (Phi) is 2.30. The largest absolute Gasteiger partial charge is 0.478 e. The molecule has 0 amide bonds. The number of carbonyl (C=O) groups is 1. The molecule has 12 heavy (non-hydrogen) atoms. The highest BCUT2D eigenvalue weighted by Crippen LogP contribution is 2.17. The molecule has 3 N–H and O–H groups in total. The Labute approximate surface area is 69.4 Å². The summed E-state index contributed by atoms with van der Waals surface area (Å²) in [7, 11) is 0. The average Bonchev–Trinajstić information content (AvgIpc) is 2.04. The van der Waals surface area contributed by atoms with Gasteiger partial charge in [-0.1, -0.05) is 6.07 Å². The van der Waals surface area contributed by atoms with Gasteiger partial charge >= 0.3 is 5.97 Å². The summed E-state index contributed by atoms with van der Waals surface area (Å²) in [5, 5.41) is 17.3. The molecule has 1 aromatic rings. The van der Waals surface area contributed by atoms with Crippen molar-refractivity contribution in [2.24, 2.45) is 0 Å². The third kappa shape index (κ3) is 1.38. The average molecular weight is 167 g/mol. The molecule has 1 aromatic carbocycles. The van der Waals surface area contributed by atoms with Crippen LogP contribution >= 0.6 is 0 Å². The van der Waals surface area contributed by atoms with Crippen LogP contribution in [0.5, 0.6) is 0 Å². The predicted molar refractivity (Wildman–Crippen MR) is 43.5 cm³/mol. The van der Waals surface area contributed by atoms with Gasteiger partial charge in [0.2, 0.25) is 0 Å². The van der Waals surface area contributed by atoms with Crippen LogP contribution in [0.2, 0.25) is 0 Å². The van der Waals surface area contributed by atoms with Crippen molar-refractivity contribution in [3.8, 4) is 0 Å². The predicted octanol–water partition coefficient (Wildman–Crippen LogP) is 1.49. The SMILES string of the molecule is Cc1c(NO)cccc1C(=O)O. The van der Waals surface area contributed by atoms with E-state index in [9.17, 15) is 4.79 Å². The Balaban J connectivity index is 3.23. The van der Waals surface area contributed by atoms with Crippen LogP contribution < -0.4 is 5.48 Å². The third-order valence-electron chi connectivity index (χ3n) is 1.68. The number of nitrogens with one attached hydrogen (secondary N) is 1. The lowest BCUT2D eigenvalue weighted by atomic mass is 10.1. The first-order valence-electron chi connectivity index (χ1n) is 3.40. The molecule has 4 nitrogen and oxygen atoms in total. The van der Waals surface area contributed by atoms with E-state index in [-0.39, 0.29) is 5.56 Å². The number of benzene rings is 1. The second-order valence-corrected chi connectivity index (χ2v) is 2.40. The standard InChI is InChI=1S/C8H9NO3/c1-5-6(8(10)11)3-2-4-7(5)9-12/h2-4,9,12H,1H3,(H,10,11). The van der Waals surface area contributed by atoms with Crippen LogP contribution in [0, 0.1) is 6.92 Å². The van der Waals surface area contributed by atoms with Crippen molar-refractivity contribution >= 4 is 11.7 Å². The number of hydrogen-bond acceptors (Lipinski definition) is 3. The van der Waals surface area contributed by atoms with Crippen LogP contribution in [-0.2, 0) is 0 Å². The summed E-state index contributed by atoms with van der Waals surface area (Å²) >= 11 is 0. The molecular weight excluding hydrogens is 158 g/mol. The van der Waals surface area contributed by atoms with E-state index < -0.39 is 5.97 Å². The number of carboxylic acids is 1. The van der Waals surface area contributed by atoms with Crippen LogP contribution in [0.4, 0.5) is 5.69 Å². The van der Waals surface area contributed by atoms with Gasteiger partial charge in [0.15, 0.2) is 0 Å². The zero-order chi connectivity index (χ0) is 9.14. The molecule has 0 radical (unpaired) electrons. The van der Waals surface area contributed by atoms with E-state index in [1.807, 2.05) is 5.48 Å². The van der Waals surface area contributed by atoms with Gasteiger partial charge in [-0.05, 0) is 24.6 Å². The number of aromatic carboxylic acids is 1. The van der Waals surface area contributed by atoms with E-state index >= 15 is 0 Å². The van der Waals surface area contributed by atoms with Crippen LogP contribution in [0.15, 0.2) is 18.2 Å². The molecule has 0 spiro atoms. The topological polar surface area (TPSA) is 69.6 Å². The van der Waals surface area contributed by atoms with Crippen LogP contribution in [0.1, 0.15) is 15.9 Å². The Bertz CT molecular complexity index is 309. The third-order valence-corrected chi connectivity index (χ3v) is 1.68. The normalized spacial score (nSPS) is 9.50. The fraction of sp³-hybridized carbons (Fsp3) is 0.125. The van der Waals surface area contributed by atoms with Crippen molar-refractivity contribution in [1.29, 1.82) is 0 Å². The molecule has 0 aromatic heterocycles. The maximum Gasteiger partial charge on any atom is 0.336 e. The molecule has 0 atom stereocenters. The van der Waals surface area contributed by atoms with Crippen molar-refractivity contribution in [2.45, 2.75) is 6.92 Å². The minimum absolute atomic E-state index is 0.189. The highest BCUT2D eigenvalue weighted by Gasteiger charge is 2.08. The Morgan fingerprint density at radius 3 is 2.67 bits per heavy atom. The van der Waals surface area contributed by atoms with Gasteiger partial charge in [-0.3, -0.25) is 10.7 Å². The number of carboxylic acid groups (broad SMARTS) is 1. The summed E-state index contributed by atoms with van der Waals surface area (Å²) in [4.78, 5) is 10.6. The van der Waals surface area contributed by atoms with E-state index in [2.05, 4.69) is 0 Å². The van der Waals surface area contributed by atoms with E-state index in [4.69, 9.17) is 10.3 Å². The second kappa shape index (κ2) is 3.23. The molecule has 0 bridgehead atoms. The van der Waals surface area contributed by atoms with Crippen molar-refractivity contribution in [3.63, 3.8) is 0 Å². The molecule has 0 aliphatic rings. The molecule has 0 saturated heterocycles. The molecule has 0 saturated carbocycles. The summed E-state index contributed by atoms with van der Waals surface area (Å²) in [6.45, 7) is 1.63. The van der Waals surface area contributed by atoms with Crippen LogP contribution in [-0.4, -0.2) is 16.3 Å². The molecule has 0 heterocycles. The molecule has 1 rings (SSSR count). The number of anilines is 1. The summed E-state index contributed by atoms with van der Waals surface area (Å²) in [5.74, 6) is -0.996. The fourth-order valence-electron chi connectivity index (χ4n) is 0.988. The van der Waals surface area contributed by atoms with Gasteiger partial charge in [0.25, 0.3) is 0 Å². The van der Waals surface area contributed by atoms with Crippen LogP contribution in [0.25, 0.3) is 0 Å². The van der Waals surface area contributed by atoms with Gasteiger partial charge in [0, 0.05) is 0 Å². The Morgan fingerprint density at radius 1 is 1.50 bits per heavy atom. The van der Waals surface area contributed by atoms with Crippen molar-refractivity contribution in [1.82, 2.24) is 0 Å². The monoisotopic (exact) mass is 167 g/mol. The highest BCUT2D eigenvalue weighted by atomic mass is 16.5. The lowest BCUT2D eigenvalue weighted by Crippen LogP contribution is -2.02. The summed E-state index contributed by atoms with van der Waals surface area (Å²) in [6.07, 6.45) is 0. The minimum atomic E-state index is -0.996. The Hall–Kier alpha value is -1.55. The lowest BCUT2D eigenvalue weighted by molar-refractivity contribution is 0.0696. The first kappa shape index (κ1) is 8.55. The van der Waals surface area contributed by atoms with Crippen molar-refractivity contribution in [2.75, 3.05) is 5.48 Å². The van der Waals surface area contributed by atoms with E-state index in [0.29, 0.717) is 11.3 Å². The quantitative estimate of drug-likeness (QED) is 0.584. The van der Waals surface area contributed by atoms with Crippen molar-refractivity contribution < 1.29 is 15.1 Å². The van der Waals surface area contributed by atoms with Gasteiger partial charge in [-0.2, -0.15) is 0 Å². The summed E-state index contributed by atoms with van der Waals surface area (Å²) in [5.41, 5.74) is 3.05. The molecular formula is C8H9NO3. The van der Waals surface area contributed by atoms with Gasteiger partial charge in [0.05, 0.1) is 11.3 Å². The van der Waals surface area contributed by atoms with Gasteiger partial charge < -0.3 is 5.11 Å². The van der Waals surface area contributed by atoms with E-state index in [0.717, 1.165) is 0 Å². The molecule has 4 heteroatoms. The zero-order valence-corrected chi connectivity index (χ0v) is 6.53.